The van der Waals surface area contributed by atoms with Crippen molar-refractivity contribution in [1.82, 2.24) is 10.2 Å². The molecule has 1 atom stereocenters. The summed E-state index contributed by atoms with van der Waals surface area (Å²) in [4.78, 5) is 28.1. The molecule has 0 radical (unpaired) electrons. The van der Waals surface area contributed by atoms with Gasteiger partial charge in [-0.25, -0.2) is 0 Å². The first-order valence-corrected chi connectivity index (χ1v) is 11.8. The highest BCUT2D eigenvalue weighted by atomic mass is 35.5. The van der Waals surface area contributed by atoms with Crippen LogP contribution in [0.3, 0.4) is 0 Å². The lowest BCUT2D eigenvalue weighted by Gasteiger charge is -2.32. The lowest BCUT2D eigenvalue weighted by atomic mass is 10.1. The fraction of sp³-hybridized carbons (Fsp3) is 0.462. The molecular formula is C26H33ClN2O3. The molecule has 0 bridgehead atoms. The number of hydrogen-bond donors (Lipinski definition) is 1. The first-order valence-electron chi connectivity index (χ1n) is 11.4. The van der Waals surface area contributed by atoms with Crippen LogP contribution in [0.2, 0.25) is 5.02 Å². The minimum absolute atomic E-state index is 0.0799. The van der Waals surface area contributed by atoms with Crippen molar-refractivity contribution < 1.29 is 14.3 Å². The summed E-state index contributed by atoms with van der Waals surface area (Å²) in [5.41, 5.74) is 3.00. The largest absolute Gasteiger partial charge is 0.484 e. The van der Waals surface area contributed by atoms with Gasteiger partial charge in [-0.1, -0.05) is 55.6 Å². The van der Waals surface area contributed by atoms with Crippen LogP contribution >= 0.6 is 11.6 Å². The van der Waals surface area contributed by atoms with Gasteiger partial charge in [0.05, 0.1) is 0 Å². The summed E-state index contributed by atoms with van der Waals surface area (Å²) in [6.45, 7) is 6.08. The van der Waals surface area contributed by atoms with Crippen LogP contribution < -0.4 is 10.1 Å². The SMILES string of the molecule is CC[C@H](C(=O)NC1CCCC1)N(Cc1ccccc1C)C(=O)COc1ccc(Cl)c(C)c1. The summed E-state index contributed by atoms with van der Waals surface area (Å²) in [7, 11) is 0. The highest BCUT2D eigenvalue weighted by Crippen LogP contribution is 2.22. The number of benzene rings is 2. The van der Waals surface area contributed by atoms with Gasteiger partial charge in [0.1, 0.15) is 11.8 Å². The first kappa shape index (κ1) is 24.1. The Morgan fingerprint density at radius 3 is 2.50 bits per heavy atom. The zero-order chi connectivity index (χ0) is 23.1. The van der Waals surface area contributed by atoms with E-state index in [2.05, 4.69) is 5.32 Å². The van der Waals surface area contributed by atoms with Crippen LogP contribution in [0.5, 0.6) is 5.75 Å². The smallest absolute Gasteiger partial charge is 0.261 e. The molecular weight excluding hydrogens is 424 g/mol. The maximum Gasteiger partial charge on any atom is 0.261 e. The summed E-state index contributed by atoms with van der Waals surface area (Å²) in [5.74, 6) is 0.289. The standard InChI is InChI=1S/C26H33ClN2O3/c1-4-24(26(31)28-21-11-7-8-12-21)29(16-20-10-6-5-9-18(20)2)25(30)17-32-22-13-14-23(27)19(3)15-22/h5-6,9-10,13-15,21,24H,4,7-8,11-12,16-17H2,1-3H3,(H,28,31)/t24-/m1/s1. The Hall–Kier alpha value is -2.53. The molecule has 1 aliphatic carbocycles. The van der Waals surface area contributed by atoms with Crippen LogP contribution in [0, 0.1) is 13.8 Å². The number of halogens is 1. The fourth-order valence-corrected chi connectivity index (χ4v) is 4.31. The molecule has 172 valence electrons. The third kappa shape index (κ3) is 6.26. The van der Waals surface area contributed by atoms with Crippen molar-refractivity contribution in [3.8, 4) is 5.75 Å². The van der Waals surface area contributed by atoms with Gasteiger partial charge >= 0.3 is 0 Å². The van der Waals surface area contributed by atoms with E-state index in [0.717, 1.165) is 42.4 Å². The number of aryl methyl sites for hydroxylation is 2. The second-order valence-electron chi connectivity index (χ2n) is 8.56. The molecule has 2 aromatic carbocycles. The Balaban J connectivity index is 1.77. The van der Waals surface area contributed by atoms with Gasteiger partial charge in [-0.3, -0.25) is 9.59 Å². The number of carbonyl (C=O) groups excluding carboxylic acids is 2. The topological polar surface area (TPSA) is 58.6 Å². The summed E-state index contributed by atoms with van der Waals surface area (Å²) in [6.07, 6.45) is 4.83. The maximum atomic E-state index is 13.3. The third-order valence-electron chi connectivity index (χ3n) is 6.18. The van der Waals surface area contributed by atoms with Crippen LogP contribution in [0.25, 0.3) is 0 Å². The lowest BCUT2D eigenvalue weighted by molar-refractivity contribution is -0.143. The molecule has 32 heavy (non-hydrogen) atoms. The quantitative estimate of drug-likeness (QED) is 0.564. The minimum atomic E-state index is -0.543. The molecule has 6 heteroatoms. The van der Waals surface area contributed by atoms with Crippen molar-refractivity contribution in [2.24, 2.45) is 0 Å². The molecule has 2 amide bonds. The summed E-state index contributed by atoms with van der Waals surface area (Å²) >= 11 is 6.09. The highest BCUT2D eigenvalue weighted by Gasteiger charge is 2.31. The fourth-order valence-electron chi connectivity index (χ4n) is 4.19. The molecule has 1 saturated carbocycles. The van der Waals surface area contributed by atoms with Gasteiger partial charge in [-0.15, -0.1) is 0 Å². The van der Waals surface area contributed by atoms with E-state index in [1.807, 2.05) is 51.1 Å². The van der Waals surface area contributed by atoms with Crippen LogP contribution in [0.4, 0.5) is 0 Å². The molecule has 5 nitrogen and oxygen atoms in total. The summed E-state index contributed by atoms with van der Waals surface area (Å²) in [5, 5.41) is 3.82. The average Bonchev–Trinajstić information content (AvgIpc) is 3.28. The zero-order valence-corrected chi connectivity index (χ0v) is 20.0. The number of carbonyl (C=O) groups is 2. The number of nitrogens with zero attached hydrogens (tertiary/aromatic N) is 1. The van der Waals surface area contributed by atoms with Crippen molar-refractivity contribution in [3.63, 3.8) is 0 Å². The van der Waals surface area contributed by atoms with Gasteiger partial charge in [0, 0.05) is 17.6 Å². The second-order valence-corrected chi connectivity index (χ2v) is 8.97. The van der Waals surface area contributed by atoms with E-state index < -0.39 is 6.04 Å². The monoisotopic (exact) mass is 456 g/mol. The van der Waals surface area contributed by atoms with Gasteiger partial charge in [0.2, 0.25) is 5.91 Å². The van der Waals surface area contributed by atoms with E-state index in [0.29, 0.717) is 23.7 Å². The first-order chi connectivity index (χ1) is 15.4. The number of ether oxygens (including phenoxy) is 1. The molecule has 0 aromatic heterocycles. The van der Waals surface area contributed by atoms with E-state index in [-0.39, 0.29) is 24.5 Å². The third-order valence-corrected chi connectivity index (χ3v) is 6.61. The average molecular weight is 457 g/mol. The Kier molecular flexibility index (Phi) is 8.57. The molecule has 1 N–H and O–H groups in total. The Labute approximate surface area is 196 Å². The van der Waals surface area contributed by atoms with Gasteiger partial charge < -0.3 is 15.0 Å². The zero-order valence-electron chi connectivity index (χ0n) is 19.2. The lowest BCUT2D eigenvalue weighted by Crippen LogP contribution is -2.52. The molecule has 1 fully saturated rings. The van der Waals surface area contributed by atoms with Gasteiger partial charge in [0.25, 0.3) is 5.91 Å². The van der Waals surface area contributed by atoms with E-state index >= 15 is 0 Å². The number of amides is 2. The predicted molar refractivity (Wildman–Crippen MR) is 128 cm³/mol. The van der Waals surface area contributed by atoms with Gasteiger partial charge in [0.15, 0.2) is 6.61 Å². The molecule has 2 aromatic rings. The molecule has 0 saturated heterocycles. The van der Waals surface area contributed by atoms with Crippen molar-refractivity contribution in [1.29, 1.82) is 0 Å². The van der Waals surface area contributed by atoms with E-state index in [4.69, 9.17) is 16.3 Å². The Morgan fingerprint density at radius 2 is 1.84 bits per heavy atom. The van der Waals surface area contributed by atoms with Gasteiger partial charge in [-0.2, -0.15) is 0 Å². The molecule has 0 heterocycles. The Bertz CT molecular complexity index is 940. The van der Waals surface area contributed by atoms with Crippen LogP contribution in [0.15, 0.2) is 42.5 Å². The maximum absolute atomic E-state index is 13.3. The predicted octanol–water partition coefficient (Wildman–Crippen LogP) is 5.20. The van der Waals surface area contributed by atoms with Crippen molar-refractivity contribution >= 4 is 23.4 Å². The normalized spacial score (nSPS) is 14.8. The molecule has 0 spiro atoms. The number of rotatable bonds is 9. The van der Waals surface area contributed by atoms with Crippen LogP contribution in [-0.2, 0) is 16.1 Å². The van der Waals surface area contributed by atoms with Crippen LogP contribution in [-0.4, -0.2) is 35.4 Å². The van der Waals surface area contributed by atoms with Crippen molar-refractivity contribution in [2.45, 2.75) is 71.5 Å². The van der Waals surface area contributed by atoms with E-state index in [9.17, 15) is 9.59 Å². The molecule has 0 aliphatic heterocycles. The summed E-state index contributed by atoms with van der Waals surface area (Å²) < 4.78 is 5.78. The van der Waals surface area contributed by atoms with Crippen LogP contribution in [0.1, 0.15) is 55.7 Å². The van der Waals surface area contributed by atoms with E-state index in [1.54, 1.807) is 17.0 Å². The van der Waals surface area contributed by atoms with Gasteiger partial charge in [-0.05, 0) is 68.0 Å². The molecule has 3 rings (SSSR count). The van der Waals surface area contributed by atoms with Crippen molar-refractivity contribution in [3.05, 3.63) is 64.2 Å². The molecule has 1 aliphatic rings. The number of hydrogen-bond acceptors (Lipinski definition) is 3. The summed E-state index contributed by atoms with van der Waals surface area (Å²) in [6, 6.07) is 12.9. The second kappa shape index (κ2) is 11.4. The molecule has 0 unspecified atom stereocenters. The van der Waals surface area contributed by atoms with Crippen molar-refractivity contribution in [2.75, 3.05) is 6.61 Å². The van der Waals surface area contributed by atoms with E-state index in [1.165, 1.54) is 0 Å². The minimum Gasteiger partial charge on any atom is -0.484 e. The Morgan fingerprint density at radius 1 is 1.12 bits per heavy atom. The highest BCUT2D eigenvalue weighted by molar-refractivity contribution is 6.31. The number of nitrogens with one attached hydrogen (secondary N) is 1.